The van der Waals surface area contributed by atoms with Gasteiger partial charge in [-0.3, -0.25) is 14.4 Å². The third kappa shape index (κ3) is 2.94. The lowest BCUT2D eigenvalue weighted by atomic mass is 9.84. The van der Waals surface area contributed by atoms with Gasteiger partial charge in [-0.1, -0.05) is 53.5 Å². The summed E-state index contributed by atoms with van der Waals surface area (Å²) in [6.07, 6.45) is 3.78. The monoisotopic (exact) mass is 494 g/mol. The van der Waals surface area contributed by atoms with Gasteiger partial charge in [0.05, 0.1) is 33.5 Å². The molecule has 8 heteroatoms. The summed E-state index contributed by atoms with van der Waals surface area (Å²) in [5.74, 6) is -2.50. The molecule has 1 aromatic heterocycles. The molecule has 0 N–H and O–H groups in total. The summed E-state index contributed by atoms with van der Waals surface area (Å²) in [5, 5.41) is 2.45. The zero-order chi connectivity index (χ0) is 22.9. The van der Waals surface area contributed by atoms with Crippen molar-refractivity contribution in [1.82, 2.24) is 4.90 Å². The van der Waals surface area contributed by atoms with Gasteiger partial charge in [0, 0.05) is 11.2 Å². The van der Waals surface area contributed by atoms with E-state index in [1.54, 1.807) is 18.2 Å². The van der Waals surface area contributed by atoms with Gasteiger partial charge in [0.25, 0.3) is 0 Å². The number of thiophene rings is 1. The minimum Gasteiger partial charge on any atom is -0.358 e. The zero-order valence-electron chi connectivity index (χ0n) is 17.0. The Morgan fingerprint density at radius 1 is 0.939 bits per heavy atom. The number of hydrogen-bond donors (Lipinski definition) is 0. The molecule has 3 aliphatic rings. The summed E-state index contributed by atoms with van der Waals surface area (Å²) >= 11 is 13.9. The van der Waals surface area contributed by atoms with Gasteiger partial charge in [-0.05, 0) is 46.8 Å². The lowest BCUT2D eigenvalue weighted by molar-refractivity contribution is -0.123. The number of benzene rings is 2. The van der Waals surface area contributed by atoms with E-state index in [0.717, 1.165) is 16.0 Å². The van der Waals surface area contributed by atoms with Gasteiger partial charge in [0.2, 0.25) is 11.8 Å². The highest BCUT2D eigenvalue weighted by Crippen LogP contribution is 2.54. The number of halogens is 2. The number of fused-ring (bicyclic) bond motifs is 5. The predicted molar refractivity (Wildman–Crippen MR) is 128 cm³/mol. The maximum Gasteiger partial charge on any atom is 0.240 e. The predicted octanol–water partition coefficient (Wildman–Crippen LogP) is 5.45. The lowest BCUT2D eigenvalue weighted by Crippen LogP contribution is -2.44. The van der Waals surface area contributed by atoms with E-state index in [0.29, 0.717) is 9.90 Å². The van der Waals surface area contributed by atoms with Gasteiger partial charge in [-0.25, -0.2) is 4.90 Å². The van der Waals surface area contributed by atoms with Crippen LogP contribution < -0.4 is 4.90 Å². The lowest BCUT2D eigenvalue weighted by Gasteiger charge is -2.35. The second kappa shape index (κ2) is 7.55. The molecule has 0 unspecified atom stereocenters. The molecule has 2 fully saturated rings. The van der Waals surface area contributed by atoms with E-state index in [2.05, 4.69) is 0 Å². The summed E-state index contributed by atoms with van der Waals surface area (Å²) in [5.41, 5.74) is 2.15. The fourth-order valence-electron chi connectivity index (χ4n) is 5.32. The van der Waals surface area contributed by atoms with Crippen LogP contribution in [0.3, 0.4) is 0 Å². The fourth-order valence-corrected chi connectivity index (χ4v) is 6.38. The first-order valence-electron chi connectivity index (χ1n) is 10.4. The zero-order valence-corrected chi connectivity index (χ0v) is 19.3. The third-order valence-electron chi connectivity index (χ3n) is 6.64. The van der Waals surface area contributed by atoms with Gasteiger partial charge >= 0.3 is 0 Å². The Hall–Kier alpha value is -2.93. The molecule has 164 valence electrons. The number of ketones is 1. The first kappa shape index (κ1) is 20.7. The first-order chi connectivity index (χ1) is 16.0. The number of Topliss-reactive ketones (excluding diaryl/α,β-unsaturated/α-hetero) is 1. The maximum absolute atomic E-state index is 13.8. The summed E-state index contributed by atoms with van der Waals surface area (Å²) < 4.78 is 0. The number of nitrogens with zero attached hydrogens (tertiary/aromatic N) is 2. The Labute approximate surface area is 203 Å². The van der Waals surface area contributed by atoms with Crippen molar-refractivity contribution in [1.29, 1.82) is 0 Å². The normalized spacial score (nSPS) is 25.3. The molecule has 0 spiro atoms. The van der Waals surface area contributed by atoms with Crippen LogP contribution in [-0.4, -0.2) is 28.5 Å². The molecule has 2 amide bonds. The Morgan fingerprint density at radius 2 is 1.73 bits per heavy atom. The molecule has 4 heterocycles. The van der Waals surface area contributed by atoms with Crippen LogP contribution in [0, 0.1) is 11.8 Å². The highest BCUT2D eigenvalue weighted by atomic mass is 35.5. The number of anilines is 1. The van der Waals surface area contributed by atoms with Crippen molar-refractivity contribution in [3.8, 4) is 0 Å². The van der Waals surface area contributed by atoms with Gasteiger partial charge in [-0.2, -0.15) is 0 Å². The Kier molecular flexibility index (Phi) is 4.73. The van der Waals surface area contributed by atoms with Gasteiger partial charge in [-0.15, -0.1) is 11.3 Å². The highest BCUT2D eigenvalue weighted by Gasteiger charge is 2.64. The average Bonchev–Trinajstić information content (AvgIpc) is 3.52. The third-order valence-corrected chi connectivity index (χ3v) is 8.08. The van der Waals surface area contributed by atoms with E-state index in [9.17, 15) is 14.4 Å². The molecule has 4 atom stereocenters. The van der Waals surface area contributed by atoms with Crippen LogP contribution in [0.2, 0.25) is 10.0 Å². The molecule has 33 heavy (non-hydrogen) atoms. The van der Waals surface area contributed by atoms with Crippen LogP contribution in [0.15, 0.2) is 66.2 Å². The molecular formula is C25H16Cl2N2O3S. The molecule has 3 aromatic rings. The highest BCUT2D eigenvalue weighted by molar-refractivity contribution is 7.12. The number of amides is 2. The minimum atomic E-state index is -0.831. The Bertz CT molecular complexity index is 1350. The second-order valence-corrected chi connectivity index (χ2v) is 10.1. The SMILES string of the molecule is O=C(c1cccs1)[C@@H]1[C@@H]2C(=O)N(c3cc(Cl)ccc3Cl)C(=O)[C@H]2[C@@H]2c3ccccc3C=CN12. The van der Waals surface area contributed by atoms with Crippen LogP contribution in [0.4, 0.5) is 5.69 Å². The first-order valence-corrected chi connectivity index (χ1v) is 12.1. The van der Waals surface area contributed by atoms with Crippen molar-refractivity contribution in [2.75, 3.05) is 4.90 Å². The standard InChI is InChI=1S/C25H16Cl2N2O3S/c26-14-7-8-16(27)17(12-14)29-24(31)19-20(25(29)32)22(23(30)18-6-3-11-33-18)28-10-9-13-4-1-2-5-15(13)21(19)28/h1-12,19-22H/t19-,20-,21+,22+/m1/s1. The van der Waals surface area contributed by atoms with E-state index in [1.807, 2.05) is 52.9 Å². The fraction of sp³-hybridized carbons (Fsp3) is 0.160. The van der Waals surface area contributed by atoms with E-state index in [-0.39, 0.29) is 22.4 Å². The molecule has 0 bridgehead atoms. The van der Waals surface area contributed by atoms with Crippen LogP contribution in [0.25, 0.3) is 6.08 Å². The van der Waals surface area contributed by atoms with Crippen molar-refractivity contribution in [2.24, 2.45) is 11.8 Å². The molecular weight excluding hydrogens is 479 g/mol. The van der Waals surface area contributed by atoms with Gasteiger partial charge < -0.3 is 4.90 Å². The van der Waals surface area contributed by atoms with Crippen molar-refractivity contribution < 1.29 is 14.4 Å². The van der Waals surface area contributed by atoms with Crippen molar-refractivity contribution in [3.05, 3.63) is 92.2 Å². The smallest absolute Gasteiger partial charge is 0.240 e. The average molecular weight is 495 g/mol. The van der Waals surface area contributed by atoms with Crippen molar-refractivity contribution in [2.45, 2.75) is 12.1 Å². The number of rotatable bonds is 3. The summed E-state index contributed by atoms with van der Waals surface area (Å²) in [6.45, 7) is 0. The van der Waals surface area contributed by atoms with Gasteiger partial charge in [0.1, 0.15) is 6.04 Å². The Balaban J connectivity index is 1.52. The van der Waals surface area contributed by atoms with Crippen LogP contribution in [0.5, 0.6) is 0 Å². The van der Waals surface area contributed by atoms with E-state index < -0.39 is 29.8 Å². The molecule has 2 saturated heterocycles. The molecule has 5 nitrogen and oxygen atoms in total. The Morgan fingerprint density at radius 3 is 2.52 bits per heavy atom. The molecule has 2 aromatic carbocycles. The quantitative estimate of drug-likeness (QED) is 0.358. The number of hydrogen-bond acceptors (Lipinski definition) is 5. The van der Waals surface area contributed by atoms with Crippen LogP contribution >= 0.6 is 34.5 Å². The molecule has 3 aliphatic heterocycles. The number of imide groups is 1. The van der Waals surface area contributed by atoms with Gasteiger partial charge in [0.15, 0.2) is 5.78 Å². The largest absolute Gasteiger partial charge is 0.358 e. The van der Waals surface area contributed by atoms with E-state index >= 15 is 0 Å². The molecule has 0 radical (unpaired) electrons. The number of carbonyl (C=O) groups is 3. The minimum absolute atomic E-state index is 0.160. The topological polar surface area (TPSA) is 57.7 Å². The molecule has 6 rings (SSSR count). The summed E-state index contributed by atoms with van der Waals surface area (Å²) in [4.78, 5) is 44.8. The van der Waals surface area contributed by atoms with E-state index in [1.165, 1.54) is 17.4 Å². The van der Waals surface area contributed by atoms with Crippen molar-refractivity contribution in [3.63, 3.8) is 0 Å². The molecule has 0 saturated carbocycles. The summed E-state index contributed by atoms with van der Waals surface area (Å²) in [7, 11) is 0. The number of carbonyl (C=O) groups excluding carboxylic acids is 3. The van der Waals surface area contributed by atoms with Crippen LogP contribution in [0.1, 0.15) is 26.8 Å². The molecule has 0 aliphatic carbocycles. The maximum atomic E-state index is 13.8. The second-order valence-electron chi connectivity index (χ2n) is 8.28. The van der Waals surface area contributed by atoms with E-state index in [4.69, 9.17) is 23.2 Å². The summed E-state index contributed by atoms with van der Waals surface area (Å²) in [6, 6.07) is 14.8. The van der Waals surface area contributed by atoms with Crippen LogP contribution in [-0.2, 0) is 9.59 Å². The van der Waals surface area contributed by atoms with Crippen molar-refractivity contribution >= 4 is 63.9 Å².